The molecule has 0 bridgehead atoms. The largest absolute Gasteiger partial charge is 0.346 e. The molecule has 0 amide bonds. The minimum absolute atomic E-state index is 0.623. The maximum absolute atomic E-state index is 4.57. The Bertz CT molecular complexity index is 333. The molecule has 0 aromatic carbocycles. The molecule has 5 heteroatoms. The second-order valence-corrected chi connectivity index (χ2v) is 5.26. The lowest BCUT2D eigenvalue weighted by atomic mass is 10.0. The quantitative estimate of drug-likeness (QED) is 0.873. The zero-order valence-corrected chi connectivity index (χ0v) is 11.6. The summed E-state index contributed by atoms with van der Waals surface area (Å²) >= 11 is 1.53. The summed E-state index contributed by atoms with van der Waals surface area (Å²) < 4.78 is 4.37. The summed E-state index contributed by atoms with van der Waals surface area (Å²) in [5.74, 6) is 0.972. The van der Waals surface area contributed by atoms with E-state index in [0.717, 1.165) is 30.5 Å². The second kappa shape index (κ2) is 6.31. The highest BCUT2D eigenvalue weighted by molar-refractivity contribution is 7.09. The number of hydrogen-bond donors (Lipinski definition) is 1. The van der Waals surface area contributed by atoms with Crippen LogP contribution in [-0.2, 0) is 6.42 Å². The SMILES string of the molecule is CCc1nsc(N(CC)CC2CCCCN2)n1. The first-order valence-corrected chi connectivity index (χ1v) is 7.41. The van der Waals surface area contributed by atoms with Crippen molar-refractivity contribution < 1.29 is 0 Å². The van der Waals surface area contributed by atoms with Gasteiger partial charge in [0.2, 0.25) is 5.13 Å². The molecule has 1 saturated heterocycles. The number of piperidine rings is 1. The van der Waals surface area contributed by atoms with E-state index in [4.69, 9.17) is 0 Å². The topological polar surface area (TPSA) is 41.1 Å². The Balaban J connectivity index is 1.95. The van der Waals surface area contributed by atoms with Crippen LogP contribution in [0.15, 0.2) is 0 Å². The van der Waals surface area contributed by atoms with Crippen LogP contribution in [0.1, 0.15) is 38.9 Å². The van der Waals surface area contributed by atoms with Gasteiger partial charge in [-0.2, -0.15) is 4.37 Å². The van der Waals surface area contributed by atoms with E-state index in [1.165, 1.54) is 37.3 Å². The molecule has 2 heterocycles. The second-order valence-electron chi connectivity index (χ2n) is 4.53. The predicted molar refractivity (Wildman–Crippen MR) is 72.8 cm³/mol. The van der Waals surface area contributed by atoms with Crippen molar-refractivity contribution in [2.45, 2.75) is 45.6 Å². The number of anilines is 1. The molecule has 0 aliphatic carbocycles. The standard InChI is InChI=1S/C12H22N4S/c1-3-11-14-12(17-15-11)16(4-2)9-10-7-5-6-8-13-10/h10,13H,3-9H2,1-2H3. The Morgan fingerprint density at radius 3 is 2.88 bits per heavy atom. The normalized spacial score (nSPS) is 20.5. The van der Waals surface area contributed by atoms with Crippen molar-refractivity contribution in [3.8, 4) is 0 Å². The third kappa shape index (κ3) is 3.39. The smallest absolute Gasteiger partial charge is 0.205 e. The molecule has 1 aromatic heterocycles. The average molecular weight is 254 g/mol. The van der Waals surface area contributed by atoms with Gasteiger partial charge in [-0.15, -0.1) is 0 Å². The van der Waals surface area contributed by atoms with Gasteiger partial charge in [0.25, 0.3) is 0 Å². The van der Waals surface area contributed by atoms with Crippen LogP contribution in [0.25, 0.3) is 0 Å². The molecule has 17 heavy (non-hydrogen) atoms. The van der Waals surface area contributed by atoms with E-state index in [9.17, 15) is 0 Å². The molecule has 0 radical (unpaired) electrons. The summed E-state index contributed by atoms with van der Waals surface area (Å²) in [5, 5.41) is 4.67. The van der Waals surface area contributed by atoms with E-state index in [-0.39, 0.29) is 0 Å². The van der Waals surface area contributed by atoms with Gasteiger partial charge in [0.1, 0.15) is 5.82 Å². The van der Waals surface area contributed by atoms with Crippen LogP contribution in [0.5, 0.6) is 0 Å². The first-order chi connectivity index (χ1) is 8.33. The predicted octanol–water partition coefficient (Wildman–Crippen LogP) is 2.07. The van der Waals surface area contributed by atoms with Crippen molar-refractivity contribution in [1.82, 2.24) is 14.7 Å². The van der Waals surface area contributed by atoms with Gasteiger partial charge in [0, 0.05) is 37.1 Å². The summed E-state index contributed by atoms with van der Waals surface area (Å²) in [7, 11) is 0. The van der Waals surface area contributed by atoms with E-state index in [2.05, 4.69) is 33.4 Å². The summed E-state index contributed by atoms with van der Waals surface area (Å²) in [6.07, 6.45) is 4.89. The molecule has 1 aliphatic heterocycles. The highest BCUT2D eigenvalue weighted by Crippen LogP contribution is 2.19. The summed E-state index contributed by atoms with van der Waals surface area (Å²) in [6, 6.07) is 0.623. The van der Waals surface area contributed by atoms with Crippen LogP contribution in [0.2, 0.25) is 0 Å². The number of nitrogens with zero attached hydrogens (tertiary/aromatic N) is 3. The minimum atomic E-state index is 0.623. The molecule has 1 unspecified atom stereocenters. The highest BCUT2D eigenvalue weighted by Gasteiger charge is 2.18. The summed E-state index contributed by atoms with van der Waals surface area (Å²) in [5.41, 5.74) is 0. The van der Waals surface area contributed by atoms with Crippen LogP contribution in [-0.4, -0.2) is 35.0 Å². The van der Waals surface area contributed by atoms with Gasteiger partial charge >= 0.3 is 0 Å². The molecule has 1 aliphatic rings. The lowest BCUT2D eigenvalue weighted by molar-refractivity contribution is 0.400. The molecule has 1 atom stereocenters. The van der Waals surface area contributed by atoms with E-state index < -0.39 is 0 Å². The van der Waals surface area contributed by atoms with Gasteiger partial charge in [0.15, 0.2) is 0 Å². The molecule has 0 spiro atoms. The number of nitrogens with one attached hydrogen (secondary N) is 1. The number of likely N-dealkylation sites (N-methyl/N-ethyl adjacent to an activating group) is 1. The third-order valence-electron chi connectivity index (χ3n) is 3.28. The van der Waals surface area contributed by atoms with Gasteiger partial charge in [-0.25, -0.2) is 4.98 Å². The Morgan fingerprint density at radius 1 is 1.41 bits per heavy atom. The molecular weight excluding hydrogens is 232 g/mol. The number of rotatable bonds is 5. The van der Waals surface area contributed by atoms with Crippen molar-refractivity contribution >= 4 is 16.7 Å². The fourth-order valence-electron chi connectivity index (χ4n) is 2.21. The fourth-order valence-corrected chi connectivity index (χ4v) is 3.03. The zero-order chi connectivity index (χ0) is 12.1. The van der Waals surface area contributed by atoms with Crippen molar-refractivity contribution in [2.24, 2.45) is 0 Å². The average Bonchev–Trinajstić information content (AvgIpc) is 2.86. The Kier molecular flexibility index (Phi) is 4.74. The van der Waals surface area contributed by atoms with Gasteiger partial charge in [-0.1, -0.05) is 13.3 Å². The van der Waals surface area contributed by atoms with Crippen LogP contribution >= 0.6 is 11.5 Å². The Hall–Kier alpha value is -0.680. The maximum Gasteiger partial charge on any atom is 0.205 e. The molecule has 96 valence electrons. The molecule has 4 nitrogen and oxygen atoms in total. The van der Waals surface area contributed by atoms with Gasteiger partial charge in [0.05, 0.1) is 0 Å². The molecular formula is C12H22N4S. The van der Waals surface area contributed by atoms with E-state index in [1.807, 2.05) is 0 Å². The van der Waals surface area contributed by atoms with Crippen molar-refractivity contribution in [2.75, 3.05) is 24.5 Å². The lowest BCUT2D eigenvalue weighted by Crippen LogP contribution is -2.43. The summed E-state index contributed by atoms with van der Waals surface area (Å²) in [4.78, 5) is 6.92. The van der Waals surface area contributed by atoms with E-state index >= 15 is 0 Å². The van der Waals surface area contributed by atoms with Gasteiger partial charge < -0.3 is 10.2 Å². The first kappa shape index (κ1) is 12.8. The van der Waals surface area contributed by atoms with Crippen LogP contribution in [0.4, 0.5) is 5.13 Å². The Labute approximate surface area is 108 Å². The molecule has 1 N–H and O–H groups in total. The highest BCUT2D eigenvalue weighted by atomic mass is 32.1. The van der Waals surface area contributed by atoms with Crippen molar-refractivity contribution in [3.05, 3.63) is 5.82 Å². The molecule has 1 aromatic rings. The maximum atomic E-state index is 4.57. The summed E-state index contributed by atoms with van der Waals surface area (Å²) in [6.45, 7) is 7.53. The number of hydrogen-bond acceptors (Lipinski definition) is 5. The van der Waals surface area contributed by atoms with Gasteiger partial charge in [-0.3, -0.25) is 0 Å². The molecule has 2 rings (SSSR count). The fraction of sp³-hybridized carbons (Fsp3) is 0.833. The Morgan fingerprint density at radius 2 is 2.29 bits per heavy atom. The van der Waals surface area contributed by atoms with Crippen LogP contribution < -0.4 is 10.2 Å². The zero-order valence-electron chi connectivity index (χ0n) is 10.8. The monoisotopic (exact) mass is 254 g/mol. The number of aromatic nitrogens is 2. The van der Waals surface area contributed by atoms with Crippen molar-refractivity contribution in [3.63, 3.8) is 0 Å². The third-order valence-corrected chi connectivity index (χ3v) is 4.09. The molecule has 1 fully saturated rings. The van der Waals surface area contributed by atoms with Crippen LogP contribution in [0, 0.1) is 0 Å². The van der Waals surface area contributed by atoms with Gasteiger partial charge in [-0.05, 0) is 26.3 Å². The van der Waals surface area contributed by atoms with E-state index in [1.54, 1.807) is 0 Å². The van der Waals surface area contributed by atoms with Crippen molar-refractivity contribution in [1.29, 1.82) is 0 Å². The molecule has 0 saturated carbocycles. The van der Waals surface area contributed by atoms with Crippen LogP contribution in [0.3, 0.4) is 0 Å². The van der Waals surface area contributed by atoms with E-state index in [0.29, 0.717) is 6.04 Å². The number of aryl methyl sites for hydroxylation is 1. The lowest BCUT2D eigenvalue weighted by Gasteiger charge is -2.29. The minimum Gasteiger partial charge on any atom is -0.346 e. The first-order valence-electron chi connectivity index (χ1n) is 6.64.